The predicted molar refractivity (Wildman–Crippen MR) is 88.6 cm³/mol. The van der Waals surface area contributed by atoms with Gasteiger partial charge >= 0.3 is 0 Å². The maximum Gasteiger partial charge on any atom is 0.0468 e. The number of para-hydroxylation sites is 1. The molecule has 2 N–H and O–H groups in total. The van der Waals surface area contributed by atoms with Crippen molar-refractivity contribution >= 4 is 22.6 Å². The first-order chi connectivity index (χ1) is 10.4. The summed E-state index contributed by atoms with van der Waals surface area (Å²) >= 11 is 0. The van der Waals surface area contributed by atoms with Crippen LogP contribution in [0.25, 0.3) is 22.6 Å². The number of nitrogens with one attached hydrogen (secondary N) is 2. The highest BCUT2D eigenvalue weighted by molar-refractivity contribution is 5.85. The number of aromatic amines is 1. The molecule has 1 aromatic heterocycles. The molecule has 0 amide bonds. The third-order valence-electron chi connectivity index (χ3n) is 3.94. The molecule has 1 aliphatic carbocycles. The van der Waals surface area contributed by atoms with Gasteiger partial charge in [-0.2, -0.15) is 0 Å². The van der Waals surface area contributed by atoms with Crippen LogP contribution in [-0.2, 0) is 0 Å². The Kier molecular flexibility index (Phi) is 2.86. The Labute approximate surface area is 123 Å². The van der Waals surface area contributed by atoms with Crippen molar-refractivity contribution in [3.05, 3.63) is 83.7 Å². The van der Waals surface area contributed by atoms with Crippen LogP contribution in [0.4, 0.5) is 0 Å². The van der Waals surface area contributed by atoms with Crippen molar-refractivity contribution in [3.63, 3.8) is 0 Å². The standard InChI is InChI=1S/C19H16N2/c1-2-7-15-14(6-1)11-13-20-12-5-10-18-19(15)16-8-3-4-9-17(16)21-18/h1-14,20-21H. The summed E-state index contributed by atoms with van der Waals surface area (Å²) in [5.41, 5.74) is 2.51. The fourth-order valence-corrected chi connectivity index (χ4v) is 2.99. The first kappa shape index (κ1) is 12.0. The molecule has 0 bridgehead atoms. The quantitative estimate of drug-likeness (QED) is 0.757. The number of fused-ring (bicyclic) bond motifs is 4. The topological polar surface area (TPSA) is 27.8 Å². The van der Waals surface area contributed by atoms with Crippen LogP contribution in [0.15, 0.2) is 73.1 Å². The first-order valence-corrected chi connectivity index (χ1v) is 7.19. The van der Waals surface area contributed by atoms with Crippen molar-refractivity contribution in [1.82, 2.24) is 10.3 Å². The minimum atomic E-state index is 0.292. The first-order valence-electron chi connectivity index (χ1n) is 7.19. The smallest absolute Gasteiger partial charge is 0.0468 e. The summed E-state index contributed by atoms with van der Waals surface area (Å²) < 4.78 is 0. The van der Waals surface area contributed by atoms with Crippen LogP contribution in [0.1, 0.15) is 0 Å². The van der Waals surface area contributed by atoms with E-state index in [2.05, 4.69) is 71.0 Å². The zero-order chi connectivity index (χ0) is 14.1. The number of aromatic nitrogens is 1. The zero-order valence-corrected chi connectivity index (χ0v) is 11.6. The Bertz CT molecular complexity index is 920. The minimum Gasteiger partial charge on any atom is -0.368 e. The zero-order valence-electron chi connectivity index (χ0n) is 11.6. The molecule has 1 aromatic carbocycles. The molecular weight excluding hydrogens is 256 g/mol. The molecule has 1 aliphatic heterocycles. The fraction of sp³-hybridized carbons (Fsp3) is 0.0526. The monoisotopic (exact) mass is 272 g/mol. The molecule has 1 unspecified atom stereocenters. The number of hydrogen-bond donors (Lipinski definition) is 2. The van der Waals surface area contributed by atoms with E-state index in [4.69, 9.17) is 0 Å². The maximum absolute atomic E-state index is 3.53. The highest BCUT2D eigenvalue weighted by Gasteiger charge is 2.12. The van der Waals surface area contributed by atoms with E-state index in [0.29, 0.717) is 5.92 Å². The fourth-order valence-electron chi connectivity index (χ4n) is 2.99. The minimum absolute atomic E-state index is 0.292. The molecule has 0 radical (unpaired) electrons. The second-order valence-corrected chi connectivity index (χ2v) is 5.24. The second-order valence-electron chi connectivity index (χ2n) is 5.24. The van der Waals surface area contributed by atoms with E-state index in [1.807, 2.05) is 18.5 Å². The molecule has 0 saturated carbocycles. The highest BCUT2D eigenvalue weighted by atomic mass is 14.8. The molecule has 102 valence electrons. The summed E-state index contributed by atoms with van der Waals surface area (Å²) in [7, 11) is 0. The number of allylic oxidation sites excluding steroid dienone is 6. The Morgan fingerprint density at radius 3 is 2.86 bits per heavy atom. The van der Waals surface area contributed by atoms with Crippen molar-refractivity contribution in [1.29, 1.82) is 0 Å². The van der Waals surface area contributed by atoms with Crippen molar-refractivity contribution in [2.75, 3.05) is 0 Å². The molecule has 0 fully saturated rings. The second kappa shape index (κ2) is 4.98. The number of hydrogen-bond acceptors (Lipinski definition) is 1. The van der Waals surface area contributed by atoms with Crippen LogP contribution in [0.5, 0.6) is 0 Å². The molecule has 0 saturated heterocycles. The van der Waals surface area contributed by atoms with Gasteiger partial charge in [-0.25, -0.2) is 0 Å². The van der Waals surface area contributed by atoms with Crippen LogP contribution in [0.2, 0.25) is 0 Å². The van der Waals surface area contributed by atoms with Crippen molar-refractivity contribution in [2.24, 2.45) is 5.92 Å². The summed E-state index contributed by atoms with van der Waals surface area (Å²) in [6.45, 7) is 0. The van der Waals surface area contributed by atoms with Gasteiger partial charge < -0.3 is 10.3 Å². The lowest BCUT2D eigenvalue weighted by atomic mass is 9.92. The van der Waals surface area contributed by atoms with Gasteiger partial charge in [-0.3, -0.25) is 0 Å². The maximum atomic E-state index is 3.53. The van der Waals surface area contributed by atoms with Gasteiger partial charge in [-0.1, -0.05) is 48.6 Å². The van der Waals surface area contributed by atoms with Gasteiger partial charge in [0.15, 0.2) is 0 Å². The Morgan fingerprint density at radius 2 is 1.86 bits per heavy atom. The van der Waals surface area contributed by atoms with E-state index < -0.39 is 0 Å². The van der Waals surface area contributed by atoms with Gasteiger partial charge in [0, 0.05) is 33.6 Å². The summed E-state index contributed by atoms with van der Waals surface area (Å²) in [5, 5.41) is 6.91. The third-order valence-corrected chi connectivity index (χ3v) is 3.94. The van der Waals surface area contributed by atoms with Gasteiger partial charge in [-0.15, -0.1) is 0 Å². The molecule has 2 heteroatoms. The molecule has 1 atom stereocenters. The molecule has 2 nitrogen and oxygen atoms in total. The predicted octanol–water partition coefficient (Wildman–Crippen LogP) is 2.47. The number of benzene rings is 1. The lowest BCUT2D eigenvalue weighted by Gasteiger charge is -2.13. The molecule has 2 aliphatic rings. The summed E-state index contributed by atoms with van der Waals surface area (Å²) in [6.07, 6.45) is 18.9. The van der Waals surface area contributed by atoms with E-state index in [1.54, 1.807) is 0 Å². The van der Waals surface area contributed by atoms with E-state index in [1.165, 1.54) is 21.7 Å². The number of rotatable bonds is 0. The lowest BCUT2D eigenvalue weighted by Crippen LogP contribution is -2.27. The van der Waals surface area contributed by atoms with Gasteiger partial charge in [0.05, 0.1) is 0 Å². The average molecular weight is 272 g/mol. The Hall–Kier alpha value is -2.74. The SMILES string of the molecule is C1=CNC=CC2C=CC=CC2=c2c([nH]c3ccccc23)=C1. The molecule has 2 heterocycles. The molecule has 2 aromatic rings. The van der Waals surface area contributed by atoms with E-state index in [9.17, 15) is 0 Å². The van der Waals surface area contributed by atoms with Crippen LogP contribution in [0, 0.1) is 5.92 Å². The van der Waals surface area contributed by atoms with Gasteiger partial charge in [0.1, 0.15) is 0 Å². The lowest BCUT2D eigenvalue weighted by molar-refractivity contribution is 1.05. The van der Waals surface area contributed by atoms with E-state index >= 15 is 0 Å². The normalized spacial score (nSPS) is 19.8. The van der Waals surface area contributed by atoms with Crippen LogP contribution in [0.3, 0.4) is 0 Å². The molecular formula is C19H16N2. The van der Waals surface area contributed by atoms with E-state index in [0.717, 1.165) is 5.35 Å². The molecule has 0 spiro atoms. The van der Waals surface area contributed by atoms with Crippen LogP contribution < -0.4 is 15.9 Å². The molecule has 21 heavy (non-hydrogen) atoms. The van der Waals surface area contributed by atoms with Crippen LogP contribution in [-0.4, -0.2) is 4.98 Å². The van der Waals surface area contributed by atoms with Gasteiger partial charge in [-0.05, 0) is 30.0 Å². The summed E-state index contributed by atoms with van der Waals surface area (Å²) in [4.78, 5) is 3.53. The highest BCUT2D eigenvalue weighted by Crippen LogP contribution is 2.21. The average Bonchev–Trinajstić information content (AvgIpc) is 2.90. The number of H-pyrrole nitrogens is 1. The third kappa shape index (κ3) is 2.05. The summed E-state index contributed by atoms with van der Waals surface area (Å²) in [5.74, 6) is 0.292. The Balaban J connectivity index is 2.20. The van der Waals surface area contributed by atoms with E-state index in [-0.39, 0.29) is 0 Å². The van der Waals surface area contributed by atoms with Crippen LogP contribution >= 0.6 is 0 Å². The van der Waals surface area contributed by atoms with Gasteiger partial charge in [0.25, 0.3) is 0 Å². The van der Waals surface area contributed by atoms with Crippen molar-refractivity contribution < 1.29 is 0 Å². The van der Waals surface area contributed by atoms with Crippen molar-refractivity contribution in [3.8, 4) is 0 Å². The summed E-state index contributed by atoms with van der Waals surface area (Å²) in [6, 6.07) is 8.48. The van der Waals surface area contributed by atoms with Gasteiger partial charge in [0.2, 0.25) is 0 Å². The molecule has 4 rings (SSSR count). The Morgan fingerprint density at radius 1 is 0.905 bits per heavy atom. The largest absolute Gasteiger partial charge is 0.368 e. The van der Waals surface area contributed by atoms with Crippen molar-refractivity contribution in [2.45, 2.75) is 0 Å².